The average molecular weight is 275 g/mol. The van der Waals surface area contributed by atoms with Crippen LogP contribution in [0.1, 0.15) is 38.2 Å². The van der Waals surface area contributed by atoms with E-state index < -0.39 is 0 Å². The van der Waals surface area contributed by atoms with Gasteiger partial charge in [-0.3, -0.25) is 4.79 Å². The van der Waals surface area contributed by atoms with Gasteiger partial charge in [-0.1, -0.05) is 38.0 Å². The third-order valence-electron chi connectivity index (χ3n) is 4.41. The molecule has 1 aromatic rings. The van der Waals surface area contributed by atoms with Crippen molar-refractivity contribution in [3.05, 3.63) is 29.8 Å². The molecule has 1 N–H and O–H groups in total. The number of para-hydroxylation sites is 1. The topological polar surface area (TPSA) is 38.3 Å². The van der Waals surface area contributed by atoms with Gasteiger partial charge in [0.25, 0.3) is 0 Å². The van der Waals surface area contributed by atoms with Crippen LogP contribution in [0.4, 0.5) is 0 Å². The number of ether oxygens (including phenoxy) is 1. The van der Waals surface area contributed by atoms with Crippen LogP contribution in [0.2, 0.25) is 0 Å². The van der Waals surface area contributed by atoms with E-state index in [2.05, 4.69) is 12.2 Å². The Kier molecular flexibility index (Phi) is 5.45. The fourth-order valence-corrected chi connectivity index (χ4v) is 3.06. The van der Waals surface area contributed by atoms with Crippen LogP contribution in [-0.4, -0.2) is 19.6 Å². The Morgan fingerprint density at radius 2 is 2.05 bits per heavy atom. The third kappa shape index (κ3) is 3.75. The number of hydrogen-bond acceptors (Lipinski definition) is 2. The summed E-state index contributed by atoms with van der Waals surface area (Å²) in [4.78, 5) is 12.1. The standard InChI is InChI=1S/C17H25NO2/c1-13(14-7-3-4-8-14)17(19)18-12-11-15-9-5-6-10-16(15)20-2/h5-6,9-10,13-14H,3-4,7-8,11-12H2,1-2H3,(H,18,19). The van der Waals surface area contributed by atoms with Gasteiger partial charge in [0.05, 0.1) is 7.11 Å². The fourth-order valence-electron chi connectivity index (χ4n) is 3.06. The van der Waals surface area contributed by atoms with E-state index in [1.165, 1.54) is 25.7 Å². The van der Waals surface area contributed by atoms with Crippen molar-refractivity contribution in [3.8, 4) is 5.75 Å². The molecule has 1 saturated carbocycles. The number of amides is 1. The molecule has 1 amide bonds. The van der Waals surface area contributed by atoms with Gasteiger partial charge in [-0.15, -0.1) is 0 Å². The monoisotopic (exact) mass is 275 g/mol. The second-order valence-electron chi connectivity index (χ2n) is 5.69. The first-order chi connectivity index (χ1) is 9.72. The highest BCUT2D eigenvalue weighted by molar-refractivity contribution is 5.78. The fraction of sp³-hybridized carbons (Fsp3) is 0.588. The molecule has 20 heavy (non-hydrogen) atoms. The summed E-state index contributed by atoms with van der Waals surface area (Å²) in [5, 5.41) is 3.06. The zero-order valence-electron chi connectivity index (χ0n) is 12.5. The molecule has 0 radical (unpaired) electrons. The predicted molar refractivity (Wildman–Crippen MR) is 80.8 cm³/mol. The van der Waals surface area contributed by atoms with Crippen molar-refractivity contribution in [1.29, 1.82) is 0 Å². The molecule has 0 bridgehead atoms. The van der Waals surface area contributed by atoms with Gasteiger partial charge < -0.3 is 10.1 Å². The van der Waals surface area contributed by atoms with E-state index in [0.29, 0.717) is 12.5 Å². The van der Waals surface area contributed by atoms with E-state index in [1.807, 2.05) is 24.3 Å². The number of carbonyl (C=O) groups is 1. The van der Waals surface area contributed by atoms with Gasteiger partial charge in [0.2, 0.25) is 5.91 Å². The number of methoxy groups -OCH3 is 1. The van der Waals surface area contributed by atoms with Gasteiger partial charge in [0.15, 0.2) is 0 Å². The highest BCUT2D eigenvalue weighted by atomic mass is 16.5. The normalized spacial score (nSPS) is 16.9. The molecule has 1 unspecified atom stereocenters. The molecule has 1 fully saturated rings. The van der Waals surface area contributed by atoms with Crippen LogP contribution in [0.25, 0.3) is 0 Å². The molecule has 110 valence electrons. The molecule has 1 aliphatic rings. The van der Waals surface area contributed by atoms with Crippen molar-refractivity contribution >= 4 is 5.91 Å². The molecular formula is C17H25NO2. The summed E-state index contributed by atoms with van der Waals surface area (Å²) in [5.74, 6) is 1.83. The maximum absolute atomic E-state index is 12.1. The minimum absolute atomic E-state index is 0.148. The lowest BCUT2D eigenvalue weighted by atomic mass is 9.92. The number of nitrogens with one attached hydrogen (secondary N) is 1. The van der Waals surface area contributed by atoms with Crippen molar-refractivity contribution in [2.45, 2.75) is 39.0 Å². The van der Waals surface area contributed by atoms with Crippen LogP contribution >= 0.6 is 0 Å². The number of carbonyl (C=O) groups excluding carboxylic acids is 1. The van der Waals surface area contributed by atoms with Crippen molar-refractivity contribution < 1.29 is 9.53 Å². The van der Waals surface area contributed by atoms with Gasteiger partial charge in [0.1, 0.15) is 5.75 Å². The molecule has 1 atom stereocenters. The summed E-state index contributed by atoms with van der Waals surface area (Å²) in [6.07, 6.45) is 5.79. The van der Waals surface area contributed by atoms with Crippen LogP contribution in [0.15, 0.2) is 24.3 Å². The Morgan fingerprint density at radius 1 is 1.35 bits per heavy atom. The van der Waals surface area contributed by atoms with Gasteiger partial charge in [-0.05, 0) is 36.8 Å². The van der Waals surface area contributed by atoms with E-state index in [4.69, 9.17) is 4.74 Å². The Hall–Kier alpha value is -1.51. The third-order valence-corrected chi connectivity index (χ3v) is 4.41. The Balaban J connectivity index is 1.78. The molecular weight excluding hydrogens is 250 g/mol. The van der Waals surface area contributed by atoms with Gasteiger partial charge in [-0.2, -0.15) is 0 Å². The summed E-state index contributed by atoms with van der Waals surface area (Å²) in [7, 11) is 1.68. The summed E-state index contributed by atoms with van der Waals surface area (Å²) in [6, 6.07) is 7.97. The van der Waals surface area contributed by atoms with E-state index in [-0.39, 0.29) is 11.8 Å². The van der Waals surface area contributed by atoms with Crippen molar-refractivity contribution in [2.75, 3.05) is 13.7 Å². The van der Waals surface area contributed by atoms with Gasteiger partial charge in [0, 0.05) is 12.5 Å². The molecule has 0 aliphatic heterocycles. The van der Waals surface area contributed by atoms with Crippen molar-refractivity contribution in [1.82, 2.24) is 5.32 Å². The van der Waals surface area contributed by atoms with Crippen LogP contribution in [0.5, 0.6) is 5.75 Å². The first-order valence-corrected chi connectivity index (χ1v) is 7.62. The molecule has 0 heterocycles. The van der Waals surface area contributed by atoms with Crippen LogP contribution in [0, 0.1) is 11.8 Å². The summed E-state index contributed by atoms with van der Waals surface area (Å²) < 4.78 is 5.32. The molecule has 0 saturated heterocycles. The zero-order valence-corrected chi connectivity index (χ0v) is 12.5. The summed E-state index contributed by atoms with van der Waals surface area (Å²) in [5.41, 5.74) is 1.14. The minimum Gasteiger partial charge on any atom is -0.496 e. The highest BCUT2D eigenvalue weighted by Crippen LogP contribution is 2.31. The number of rotatable bonds is 6. The molecule has 1 aliphatic carbocycles. The predicted octanol–water partition coefficient (Wildman–Crippen LogP) is 3.18. The smallest absolute Gasteiger partial charge is 0.223 e. The van der Waals surface area contributed by atoms with Gasteiger partial charge in [-0.25, -0.2) is 0 Å². The first-order valence-electron chi connectivity index (χ1n) is 7.62. The van der Waals surface area contributed by atoms with E-state index in [0.717, 1.165) is 17.7 Å². The van der Waals surface area contributed by atoms with Crippen molar-refractivity contribution in [2.24, 2.45) is 11.8 Å². The van der Waals surface area contributed by atoms with E-state index >= 15 is 0 Å². The lowest BCUT2D eigenvalue weighted by molar-refractivity contribution is -0.125. The quantitative estimate of drug-likeness (QED) is 0.866. The second-order valence-corrected chi connectivity index (χ2v) is 5.69. The lowest BCUT2D eigenvalue weighted by Crippen LogP contribution is -2.34. The van der Waals surface area contributed by atoms with Crippen LogP contribution in [0.3, 0.4) is 0 Å². The highest BCUT2D eigenvalue weighted by Gasteiger charge is 2.26. The molecule has 0 spiro atoms. The maximum Gasteiger partial charge on any atom is 0.223 e. The second kappa shape index (κ2) is 7.32. The summed E-state index contributed by atoms with van der Waals surface area (Å²) >= 11 is 0. The maximum atomic E-state index is 12.1. The zero-order chi connectivity index (χ0) is 14.4. The number of hydrogen-bond donors (Lipinski definition) is 1. The van der Waals surface area contributed by atoms with Crippen LogP contribution in [-0.2, 0) is 11.2 Å². The molecule has 2 rings (SSSR count). The average Bonchev–Trinajstić information content (AvgIpc) is 3.01. The lowest BCUT2D eigenvalue weighted by Gasteiger charge is -2.18. The molecule has 3 heteroatoms. The van der Waals surface area contributed by atoms with E-state index in [1.54, 1.807) is 7.11 Å². The Labute approximate surface area is 121 Å². The minimum atomic E-state index is 0.148. The first kappa shape index (κ1) is 14.9. The largest absolute Gasteiger partial charge is 0.496 e. The number of benzene rings is 1. The molecule has 3 nitrogen and oxygen atoms in total. The molecule has 1 aromatic carbocycles. The summed E-state index contributed by atoms with van der Waals surface area (Å²) in [6.45, 7) is 2.74. The van der Waals surface area contributed by atoms with Crippen molar-refractivity contribution in [3.63, 3.8) is 0 Å². The Bertz CT molecular complexity index is 438. The van der Waals surface area contributed by atoms with Gasteiger partial charge >= 0.3 is 0 Å². The van der Waals surface area contributed by atoms with Crippen LogP contribution < -0.4 is 10.1 Å². The Morgan fingerprint density at radius 3 is 2.75 bits per heavy atom. The molecule has 0 aromatic heterocycles. The van der Waals surface area contributed by atoms with E-state index in [9.17, 15) is 4.79 Å². The SMILES string of the molecule is COc1ccccc1CCNC(=O)C(C)C1CCCC1.